The predicted molar refractivity (Wildman–Crippen MR) is 131 cm³/mol. The highest BCUT2D eigenvalue weighted by Gasteiger charge is 2.26. The summed E-state index contributed by atoms with van der Waals surface area (Å²) in [6.45, 7) is 6.46. The Morgan fingerprint density at radius 2 is 1.75 bits per heavy atom. The summed E-state index contributed by atoms with van der Waals surface area (Å²) in [4.78, 5) is 31.9. The number of hydrogen-bond acceptors (Lipinski definition) is 4. The molecule has 1 aliphatic heterocycles. The first-order valence-corrected chi connectivity index (χ1v) is 11.6. The van der Waals surface area contributed by atoms with Crippen molar-refractivity contribution in [1.29, 1.82) is 0 Å². The summed E-state index contributed by atoms with van der Waals surface area (Å²) in [7, 11) is 0. The minimum atomic E-state index is -0.243. The molecule has 2 N–H and O–H groups in total. The Morgan fingerprint density at radius 1 is 1.00 bits per heavy atom. The van der Waals surface area contributed by atoms with Crippen molar-refractivity contribution in [2.24, 2.45) is 0 Å². The maximum absolute atomic E-state index is 13.0. The van der Waals surface area contributed by atoms with E-state index in [9.17, 15) is 9.59 Å². The molecule has 0 radical (unpaired) electrons. The highest BCUT2D eigenvalue weighted by molar-refractivity contribution is 7.99. The van der Waals surface area contributed by atoms with Gasteiger partial charge in [-0.3, -0.25) is 9.69 Å². The largest absolute Gasteiger partial charge is 0.326 e. The third-order valence-corrected chi connectivity index (χ3v) is 6.37. The minimum Gasteiger partial charge on any atom is -0.322 e. The number of hydrogen-bond donors (Lipinski definition) is 2. The Morgan fingerprint density at radius 3 is 2.50 bits per heavy atom. The van der Waals surface area contributed by atoms with E-state index in [1.807, 2.05) is 32.9 Å². The lowest BCUT2D eigenvalue weighted by molar-refractivity contribution is 0.102. The van der Waals surface area contributed by atoms with Gasteiger partial charge in [0, 0.05) is 40.0 Å². The number of fused-ring (bicyclic) bond motifs is 1. The van der Waals surface area contributed by atoms with E-state index in [-0.39, 0.29) is 11.9 Å². The normalized spacial score (nSPS) is 12.8. The SMILES string of the molecule is Cc1cc(C)c2c(n1)SCCN2C(=O)Nc1ccc(C(=O)Nc2cc(Cl)ccc2C)cc1. The third-order valence-electron chi connectivity index (χ3n) is 5.19. The first-order valence-electron chi connectivity index (χ1n) is 10.2. The van der Waals surface area contributed by atoms with E-state index >= 15 is 0 Å². The van der Waals surface area contributed by atoms with Crippen LogP contribution in [0.1, 0.15) is 27.2 Å². The second-order valence-corrected chi connectivity index (χ2v) is 9.18. The summed E-state index contributed by atoms with van der Waals surface area (Å²) in [5.41, 5.74) is 5.51. The second-order valence-electron chi connectivity index (χ2n) is 7.66. The first kappa shape index (κ1) is 22.2. The van der Waals surface area contributed by atoms with Gasteiger partial charge in [0.05, 0.1) is 5.69 Å². The monoisotopic (exact) mass is 466 g/mol. The molecule has 2 heterocycles. The number of nitrogens with one attached hydrogen (secondary N) is 2. The van der Waals surface area contributed by atoms with Crippen LogP contribution in [0.2, 0.25) is 5.02 Å². The molecule has 8 heteroatoms. The molecule has 1 aliphatic rings. The van der Waals surface area contributed by atoms with Gasteiger partial charge in [-0.2, -0.15) is 0 Å². The Labute approximate surface area is 196 Å². The fraction of sp³-hybridized carbons (Fsp3) is 0.208. The molecule has 32 heavy (non-hydrogen) atoms. The number of carbonyl (C=O) groups excluding carboxylic acids is 2. The molecular formula is C24H23ClN4O2S. The van der Waals surface area contributed by atoms with Crippen LogP contribution in [0.25, 0.3) is 0 Å². The van der Waals surface area contributed by atoms with E-state index in [4.69, 9.17) is 11.6 Å². The molecule has 1 aromatic heterocycles. The number of rotatable bonds is 3. The van der Waals surface area contributed by atoms with Gasteiger partial charge in [-0.1, -0.05) is 17.7 Å². The number of carbonyl (C=O) groups is 2. The van der Waals surface area contributed by atoms with Crippen LogP contribution in [-0.2, 0) is 0 Å². The summed E-state index contributed by atoms with van der Waals surface area (Å²) in [6.07, 6.45) is 0. The minimum absolute atomic E-state index is 0.216. The summed E-state index contributed by atoms with van der Waals surface area (Å²) < 4.78 is 0. The lowest BCUT2D eigenvalue weighted by atomic mass is 10.1. The summed E-state index contributed by atoms with van der Waals surface area (Å²) in [5.74, 6) is 0.547. The molecular weight excluding hydrogens is 444 g/mol. The smallest absolute Gasteiger partial charge is 0.322 e. The molecule has 2 aromatic carbocycles. The molecule has 0 spiro atoms. The Balaban J connectivity index is 1.46. The predicted octanol–water partition coefficient (Wildman–Crippen LogP) is 6.06. The van der Waals surface area contributed by atoms with Crippen LogP contribution >= 0.6 is 23.4 Å². The van der Waals surface area contributed by atoms with Crippen LogP contribution in [0.3, 0.4) is 0 Å². The first-order chi connectivity index (χ1) is 15.3. The van der Waals surface area contributed by atoms with Crippen LogP contribution < -0.4 is 15.5 Å². The van der Waals surface area contributed by atoms with Gasteiger partial charge in [0.15, 0.2) is 0 Å². The quantitative estimate of drug-likeness (QED) is 0.492. The van der Waals surface area contributed by atoms with Crippen molar-refractivity contribution in [2.75, 3.05) is 27.8 Å². The van der Waals surface area contributed by atoms with E-state index in [1.165, 1.54) is 0 Å². The molecule has 6 nitrogen and oxygen atoms in total. The Bertz CT molecular complexity index is 1200. The van der Waals surface area contributed by atoms with E-state index in [2.05, 4.69) is 15.6 Å². The molecule has 0 bridgehead atoms. The van der Waals surface area contributed by atoms with Crippen molar-refractivity contribution < 1.29 is 9.59 Å². The van der Waals surface area contributed by atoms with Crippen LogP contribution in [-0.4, -0.2) is 29.2 Å². The van der Waals surface area contributed by atoms with Gasteiger partial charge in [-0.25, -0.2) is 9.78 Å². The number of halogens is 1. The number of amides is 3. The van der Waals surface area contributed by atoms with Gasteiger partial charge in [-0.05, 0) is 74.4 Å². The number of aryl methyl sites for hydroxylation is 3. The number of benzene rings is 2. The zero-order valence-corrected chi connectivity index (χ0v) is 19.6. The second kappa shape index (κ2) is 9.22. The van der Waals surface area contributed by atoms with Crippen molar-refractivity contribution in [3.8, 4) is 0 Å². The zero-order chi connectivity index (χ0) is 22.8. The molecule has 164 valence electrons. The lowest BCUT2D eigenvalue weighted by Gasteiger charge is -2.30. The maximum atomic E-state index is 13.0. The van der Waals surface area contributed by atoms with Gasteiger partial charge >= 0.3 is 6.03 Å². The zero-order valence-electron chi connectivity index (χ0n) is 18.0. The van der Waals surface area contributed by atoms with Crippen molar-refractivity contribution in [3.63, 3.8) is 0 Å². The fourth-order valence-electron chi connectivity index (χ4n) is 3.59. The van der Waals surface area contributed by atoms with Crippen LogP contribution in [0.15, 0.2) is 53.6 Å². The van der Waals surface area contributed by atoms with Gasteiger partial charge in [-0.15, -0.1) is 11.8 Å². The standard InChI is InChI=1S/C24H23ClN4O2S/c1-14-4-7-18(25)13-20(14)28-22(30)17-5-8-19(9-6-17)27-24(31)29-10-11-32-23-21(29)15(2)12-16(3)26-23/h4-9,12-13H,10-11H2,1-3H3,(H,27,31)(H,28,30). The summed E-state index contributed by atoms with van der Waals surface area (Å²) in [5, 5.41) is 7.24. The summed E-state index contributed by atoms with van der Waals surface area (Å²) >= 11 is 7.69. The summed E-state index contributed by atoms with van der Waals surface area (Å²) in [6, 6.07) is 13.9. The van der Waals surface area contributed by atoms with Gasteiger partial charge in [0.1, 0.15) is 5.03 Å². The van der Waals surface area contributed by atoms with Crippen molar-refractivity contribution >= 4 is 52.4 Å². The molecule has 3 amide bonds. The number of urea groups is 1. The van der Waals surface area contributed by atoms with E-state index in [0.29, 0.717) is 28.5 Å². The van der Waals surface area contributed by atoms with E-state index in [1.54, 1.807) is 53.1 Å². The van der Waals surface area contributed by atoms with Crippen LogP contribution in [0, 0.1) is 20.8 Å². The lowest BCUT2D eigenvalue weighted by Crippen LogP contribution is -2.39. The molecule has 0 fully saturated rings. The average molecular weight is 467 g/mol. The number of pyridine rings is 1. The van der Waals surface area contributed by atoms with E-state index < -0.39 is 0 Å². The highest BCUT2D eigenvalue weighted by atomic mass is 35.5. The molecule has 0 atom stereocenters. The molecule has 0 aliphatic carbocycles. The van der Waals surface area contributed by atoms with Crippen molar-refractivity contribution in [2.45, 2.75) is 25.8 Å². The van der Waals surface area contributed by atoms with Gasteiger partial charge < -0.3 is 10.6 Å². The number of anilines is 3. The Hall–Kier alpha value is -3.03. The van der Waals surface area contributed by atoms with Crippen LogP contribution in [0.5, 0.6) is 0 Å². The molecule has 0 saturated carbocycles. The third kappa shape index (κ3) is 4.74. The van der Waals surface area contributed by atoms with Crippen molar-refractivity contribution in [3.05, 3.63) is 75.9 Å². The Kier molecular flexibility index (Phi) is 6.39. The molecule has 0 unspecified atom stereocenters. The average Bonchev–Trinajstić information content (AvgIpc) is 2.76. The number of thioether (sulfide) groups is 1. The fourth-order valence-corrected chi connectivity index (χ4v) is 4.85. The highest BCUT2D eigenvalue weighted by Crippen LogP contribution is 2.36. The van der Waals surface area contributed by atoms with Gasteiger partial charge in [0.25, 0.3) is 5.91 Å². The molecule has 0 saturated heterocycles. The van der Waals surface area contributed by atoms with Gasteiger partial charge in [0.2, 0.25) is 0 Å². The topological polar surface area (TPSA) is 74.3 Å². The maximum Gasteiger partial charge on any atom is 0.326 e. The van der Waals surface area contributed by atoms with Crippen molar-refractivity contribution in [1.82, 2.24) is 4.98 Å². The van der Waals surface area contributed by atoms with Crippen LogP contribution in [0.4, 0.5) is 21.9 Å². The molecule has 4 rings (SSSR count). The number of aromatic nitrogens is 1. The number of nitrogens with zero attached hydrogens (tertiary/aromatic N) is 2. The van der Waals surface area contributed by atoms with E-state index in [0.717, 1.165) is 33.3 Å². The molecule has 3 aromatic rings.